The third kappa shape index (κ3) is 1.77. The molecule has 4 nitrogen and oxygen atoms in total. The Kier molecular flexibility index (Phi) is 2.50. The second-order valence-electron chi connectivity index (χ2n) is 4.76. The minimum absolute atomic E-state index is 0.860. The van der Waals surface area contributed by atoms with Gasteiger partial charge in [0.2, 0.25) is 0 Å². The van der Waals surface area contributed by atoms with Crippen LogP contribution in [0.15, 0.2) is 4.99 Å². The van der Waals surface area contributed by atoms with Crippen molar-refractivity contribution < 1.29 is 0 Å². The highest BCUT2D eigenvalue weighted by atomic mass is 15.2. The quantitative estimate of drug-likeness (QED) is 0.769. The summed E-state index contributed by atoms with van der Waals surface area (Å²) in [5.74, 6) is 0.885. The number of hydrogen-bond donors (Lipinski definition) is 2. The highest BCUT2D eigenvalue weighted by Crippen LogP contribution is 2.30. The van der Waals surface area contributed by atoms with Gasteiger partial charge in [-0.15, -0.1) is 0 Å². The van der Waals surface area contributed by atoms with E-state index >= 15 is 0 Å². The van der Waals surface area contributed by atoms with Crippen molar-refractivity contribution >= 4 is 11.6 Å². The van der Waals surface area contributed by atoms with Crippen molar-refractivity contribution in [3.05, 3.63) is 22.5 Å². The normalized spacial score (nSPS) is 17.6. The van der Waals surface area contributed by atoms with E-state index in [2.05, 4.69) is 29.5 Å². The van der Waals surface area contributed by atoms with Crippen LogP contribution >= 0.6 is 0 Å². The Labute approximate surface area is 102 Å². The zero-order valence-corrected chi connectivity index (χ0v) is 10.4. The molecule has 0 radical (unpaired) electrons. The van der Waals surface area contributed by atoms with Crippen LogP contribution in [0.4, 0.5) is 5.69 Å². The highest BCUT2D eigenvalue weighted by Gasteiger charge is 2.20. The van der Waals surface area contributed by atoms with Gasteiger partial charge in [-0.2, -0.15) is 0 Å². The molecule has 0 saturated carbocycles. The second-order valence-corrected chi connectivity index (χ2v) is 4.76. The summed E-state index contributed by atoms with van der Waals surface area (Å²) in [6, 6.07) is 0. The van der Waals surface area contributed by atoms with E-state index in [1.165, 1.54) is 29.7 Å². The molecule has 2 N–H and O–H groups in total. The molecular weight excluding hydrogens is 212 g/mol. The third-order valence-electron chi connectivity index (χ3n) is 3.60. The first-order valence-electron chi connectivity index (χ1n) is 6.30. The van der Waals surface area contributed by atoms with E-state index < -0.39 is 0 Å². The number of hydrogen-bond acceptors (Lipinski definition) is 4. The van der Waals surface area contributed by atoms with Crippen molar-refractivity contribution in [2.75, 3.05) is 18.4 Å². The second kappa shape index (κ2) is 4.02. The van der Waals surface area contributed by atoms with Gasteiger partial charge >= 0.3 is 0 Å². The molecule has 0 spiro atoms. The molecular formula is C13H18N4. The number of nitrogens with zero attached hydrogens (tertiary/aromatic N) is 2. The van der Waals surface area contributed by atoms with Crippen LogP contribution in [0, 0.1) is 13.8 Å². The Bertz CT molecular complexity index is 491. The van der Waals surface area contributed by atoms with Gasteiger partial charge in [-0.25, -0.2) is 0 Å². The van der Waals surface area contributed by atoms with E-state index in [0.29, 0.717) is 0 Å². The molecule has 0 aromatic carbocycles. The summed E-state index contributed by atoms with van der Waals surface area (Å²) in [6.45, 7) is 6.05. The zero-order chi connectivity index (χ0) is 11.8. The molecule has 1 aliphatic heterocycles. The van der Waals surface area contributed by atoms with E-state index in [9.17, 15) is 0 Å². The van der Waals surface area contributed by atoms with Gasteiger partial charge in [0.05, 0.1) is 17.9 Å². The molecule has 2 heterocycles. The zero-order valence-electron chi connectivity index (χ0n) is 10.4. The molecule has 0 amide bonds. The molecule has 90 valence electrons. The van der Waals surface area contributed by atoms with Crippen LogP contribution in [0.3, 0.4) is 0 Å². The van der Waals surface area contributed by atoms with E-state index in [4.69, 9.17) is 4.98 Å². The van der Waals surface area contributed by atoms with E-state index in [0.717, 1.165) is 36.9 Å². The fourth-order valence-electron chi connectivity index (χ4n) is 2.72. The van der Waals surface area contributed by atoms with Crippen molar-refractivity contribution in [1.29, 1.82) is 0 Å². The van der Waals surface area contributed by atoms with Crippen LogP contribution in [0.1, 0.15) is 28.9 Å². The van der Waals surface area contributed by atoms with Crippen molar-refractivity contribution in [3.63, 3.8) is 0 Å². The van der Waals surface area contributed by atoms with Gasteiger partial charge in [0.25, 0.3) is 0 Å². The smallest absolute Gasteiger partial charge is 0.195 e. The lowest BCUT2D eigenvalue weighted by Crippen LogP contribution is -2.27. The topological polar surface area (TPSA) is 49.3 Å². The van der Waals surface area contributed by atoms with Crippen LogP contribution in [0.2, 0.25) is 0 Å². The lowest BCUT2D eigenvalue weighted by molar-refractivity contribution is 0.896. The van der Waals surface area contributed by atoms with Crippen LogP contribution in [-0.4, -0.2) is 24.0 Å². The standard InChI is InChI=1S/C13H18N4/c1-8-10-4-3-5-11(10)16-9(2)12(8)17-13-14-6-7-15-13/h3-7H2,1-2H3,(H2,14,15,17). The number of pyridine rings is 1. The SMILES string of the molecule is Cc1nc2c(c(C)c1NC1=NCCN1)CCC2. The van der Waals surface area contributed by atoms with Gasteiger partial charge in [-0.05, 0) is 44.2 Å². The van der Waals surface area contributed by atoms with Crippen LogP contribution < -0.4 is 10.6 Å². The van der Waals surface area contributed by atoms with Crippen LogP contribution in [0.25, 0.3) is 0 Å². The minimum atomic E-state index is 0.860. The molecule has 1 aromatic heterocycles. The summed E-state index contributed by atoms with van der Waals surface area (Å²) in [5, 5.41) is 6.62. The molecule has 0 atom stereocenters. The number of aliphatic imine (C=N–C) groups is 1. The lowest BCUT2D eigenvalue weighted by Gasteiger charge is -2.15. The molecule has 4 heteroatoms. The van der Waals surface area contributed by atoms with Crippen molar-refractivity contribution in [2.24, 2.45) is 4.99 Å². The molecule has 2 aliphatic rings. The Morgan fingerprint density at radius 3 is 2.88 bits per heavy atom. The number of aromatic nitrogens is 1. The maximum atomic E-state index is 4.71. The first kappa shape index (κ1) is 10.6. The third-order valence-corrected chi connectivity index (χ3v) is 3.60. The lowest BCUT2D eigenvalue weighted by atomic mass is 10.1. The number of guanidine groups is 1. The largest absolute Gasteiger partial charge is 0.354 e. The Hall–Kier alpha value is -1.58. The summed E-state index contributed by atoms with van der Waals surface area (Å²) < 4.78 is 0. The molecule has 1 aromatic rings. The first-order valence-corrected chi connectivity index (χ1v) is 6.30. The Morgan fingerprint density at radius 2 is 2.12 bits per heavy atom. The molecule has 0 fully saturated rings. The van der Waals surface area contributed by atoms with Crippen molar-refractivity contribution in [2.45, 2.75) is 33.1 Å². The molecule has 3 rings (SSSR count). The van der Waals surface area contributed by atoms with Gasteiger partial charge < -0.3 is 10.6 Å². The minimum Gasteiger partial charge on any atom is -0.354 e. The number of rotatable bonds is 1. The van der Waals surface area contributed by atoms with Gasteiger partial charge in [0, 0.05) is 12.2 Å². The fourth-order valence-corrected chi connectivity index (χ4v) is 2.72. The number of anilines is 1. The summed E-state index contributed by atoms with van der Waals surface area (Å²) in [7, 11) is 0. The van der Waals surface area contributed by atoms with E-state index in [1.54, 1.807) is 0 Å². The fraction of sp³-hybridized carbons (Fsp3) is 0.538. The summed E-state index contributed by atoms with van der Waals surface area (Å²) in [6.07, 6.45) is 3.55. The van der Waals surface area contributed by atoms with Crippen molar-refractivity contribution in [3.8, 4) is 0 Å². The average molecular weight is 230 g/mol. The van der Waals surface area contributed by atoms with Gasteiger partial charge in [-0.1, -0.05) is 0 Å². The molecule has 1 aliphatic carbocycles. The van der Waals surface area contributed by atoms with Crippen LogP contribution in [-0.2, 0) is 12.8 Å². The maximum absolute atomic E-state index is 4.71. The predicted molar refractivity (Wildman–Crippen MR) is 69.7 cm³/mol. The highest BCUT2D eigenvalue weighted by molar-refractivity contribution is 5.95. The summed E-state index contributed by atoms with van der Waals surface area (Å²) in [4.78, 5) is 9.08. The number of aryl methyl sites for hydroxylation is 2. The maximum Gasteiger partial charge on any atom is 0.195 e. The van der Waals surface area contributed by atoms with Crippen LogP contribution in [0.5, 0.6) is 0 Å². The van der Waals surface area contributed by atoms with E-state index in [-0.39, 0.29) is 0 Å². The predicted octanol–water partition coefficient (Wildman–Crippen LogP) is 1.56. The van der Waals surface area contributed by atoms with E-state index in [1.807, 2.05) is 0 Å². The van der Waals surface area contributed by atoms with Gasteiger partial charge in [-0.3, -0.25) is 9.98 Å². The molecule has 0 saturated heterocycles. The summed E-state index contributed by atoms with van der Waals surface area (Å²) >= 11 is 0. The molecule has 17 heavy (non-hydrogen) atoms. The average Bonchev–Trinajstić information content (AvgIpc) is 2.94. The molecule has 0 unspecified atom stereocenters. The van der Waals surface area contributed by atoms with Gasteiger partial charge in [0.1, 0.15) is 0 Å². The Morgan fingerprint density at radius 1 is 1.24 bits per heavy atom. The summed E-state index contributed by atoms with van der Waals surface area (Å²) in [5.41, 5.74) is 6.31. The Balaban J connectivity index is 1.98. The first-order chi connectivity index (χ1) is 8.25. The number of nitrogens with one attached hydrogen (secondary N) is 2. The van der Waals surface area contributed by atoms with Crippen molar-refractivity contribution in [1.82, 2.24) is 10.3 Å². The monoisotopic (exact) mass is 230 g/mol. The molecule has 0 bridgehead atoms. The number of fused-ring (bicyclic) bond motifs is 1. The van der Waals surface area contributed by atoms with Gasteiger partial charge in [0.15, 0.2) is 5.96 Å².